The molecule has 0 spiro atoms. The molecule has 2 rings (SSSR count). The fraction of sp³-hybridized carbons (Fsp3) is 0. The molecule has 0 unspecified atom stereocenters. The van der Waals surface area contributed by atoms with Gasteiger partial charge in [0.05, 0.1) is 5.69 Å². The van der Waals surface area contributed by atoms with Crippen LogP contribution in [-0.2, 0) is 10.0 Å². The lowest BCUT2D eigenvalue weighted by atomic mass is 10.3. The van der Waals surface area contributed by atoms with Gasteiger partial charge in [-0.15, -0.1) is 0 Å². The minimum absolute atomic E-state index is 0.00886. The smallest absolute Gasteiger partial charge is 0.263 e. The van der Waals surface area contributed by atoms with Gasteiger partial charge in [-0.05, 0) is 46.3 Å². The second-order valence-corrected chi connectivity index (χ2v) is 7.23. The number of sulfonamides is 1. The van der Waals surface area contributed by atoms with Crippen LogP contribution in [0.1, 0.15) is 0 Å². The lowest BCUT2D eigenvalue weighted by molar-refractivity contribution is 0.509. The molecule has 0 aliphatic carbocycles. The summed E-state index contributed by atoms with van der Waals surface area (Å²) in [6.07, 6.45) is 0. The molecule has 0 bridgehead atoms. The van der Waals surface area contributed by atoms with Gasteiger partial charge in [0.1, 0.15) is 4.90 Å². The van der Waals surface area contributed by atoms with E-state index in [1.807, 2.05) is 0 Å². The fourth-order valence-corrected chi connectivity index (χ4v) is 4.26. The highest BCUT2D eigenvalue weighted by Crippen LogP contribution is 2.27. The number of hydrogen-bond donors (Lipinski definition) is 1. The predicted molar refractivity (Wildman–Crippen MR) is 79.0 cm³/mol. The molecule has 20 heavy (non-hydrogen) atoms. The van der Waals surface area contributed by atoms with Crippen molar-refractivity contribution >= 4 is 47.6 Å². The summed E-state index contributed by atoms with van der Waals surface area (Å²) in [7, 11) is -3.90. The van der Waals surface area contributed by atoms with E-state index < -0.39 is 21.7 Å². The van der Waals surface area contributed by atoms with Gasteiger partial charge < -0.3 is 0 Å². The third kappa shape index (κ3) is 3.36. The minimum Gasteiger partial charge on any atom is -0.279 e. The lowest BCUT2D eigenvalue weighted by Crippen LogP contribution is -2.13. The summed E-state index contributed by atoms with van der Waals surface area (Å²) in [5.41, 5.74) is -0.0567. The fourth-order valence-electron chi connectivity index (χ4n) is 1.46. The minimum atomic E-state index is -3.90. The predicted octanol–water partition coefficient (Wildman–Crippen LogP) is 4.29. The maximum absolute atomic E-state index is 13.1. The highest BCUT2D eigenvalue weighted by atomic mass is 79.9. The van der Waals surface area contributed by atoms with E-state index in [4.69, 9.17) is 0 Å². The standard InChI is InChI=1S/C12H7Br2F2NO2S/c13-7-1-4-12(9(14)5-7)20(18,19)17-8-2-3-10(15)11(16)6-8/h1-6,17H. The van der Waals surface area contributed by atoms with Gasteiger partial charge in [0.15, 0.2) is 11.6 Å². The van der Waals surface area contributed by atoms with Gasteiger partial charge in [-0.3, -0.25) is 4.72 Å². The summed E-state index contributed by atoms with van der Waals surface area (Å²) >= 11 is 6.35. The summed E-state index contributed by atoms with van der Waals surface area (Å²) in [6.45, 7) is 0. The zero-order chi connectivity index (χ0) is 14.9. The topological polar surface area (TPSA) is 46.2 Å². The molecule has 1 N–H and O–H groups in total. The molecule has 0 saturated heterocycles. The Kier molecular flexibility index (Phi) is 4.46. The first-order chi connectivity index (χ1) is 9.29. The largest absolute Gasteiger partial charge is 0.279 e. The molecule has 3 nitrogen and oxygen atoms in total. The first kappa shape index (κ1) is 15.4. The maximum Gasteiger partial charge on any atom is 0.263 e. The van der Waals surface area contributed by atoms with Crippen molar-refractivity contribution in [2.75, 3.05) is 4.72 Å². The number of anilines is 1. The van der Waals surface area contributed by atoms with Crippen molar-refractivity contribution < 1.29 is 17.2 Å². The molecule has 106 valence electrons. The van der Waals surface area contributed by atoms with Gasteiger partial charge in [0.25, 0.3) is 10.0 Å². The zero-order valence-corrected chi connectivity index (χ0v) is 13.7. The van der Waals surface area contributed by atoms with E-state index in [0.717, 1.165) is 18.2 Å². The van der Waals surface area contributed by atoms with E-state index >= 15 is 0 Å². The summed E-state index contributed by atoms with van der Waals surface area (Å²) in [4.78, 5) is -0.00886. The van der Waals surface area contributed by atoms with Crippen LogP contribution < -0.4 is 4.72 Å². The summed E-state index contributed by atoms with van der Waals surface area (Å²) in [5, 5.41) is 0. The third-order valence-corrected chi connectivity index (χ3v) is 5.21. The van der Waals surface area contributed by atoms with Crippen molar-refractivity contribution in [3.8, 4) is 0 Å². The van der Waals surface area contributed by atoms with Gasteiger partial charge in [-0.2, -0.15) is 0 Å². The normalized spacial score (nSPS) is 11.4. The molecular formula is C12H7Br2F2NO2S. The van der Waals surface area contributed by atoms with Crippen LogP contribution in [0.15, 0.2) is 50.2 Å². The van der Waals surface area contributed by atoms with Crippen molar-refractivity contribution in [2.45, 2.75) is 4.90 Å². The van der Waals surface area contributed by atoms with Gasteiger partial charge in [0, 0.05) is 15.0 Å². The number of benzene rings is 2. The van der Waals surface area contributed by atoms with Crippen LogP contribution in [0.4, 0.5) is 14.5 Å². The van der Waals surface area contributed by atoms with Crippen molar-refractivity contribution in [3.05, 3.63) is 57.0 Å². The second kappa shape index (κ2) is 5.79. The SMILES string of the molecule is O=S(=O)(Nc1ccc(F)c(F)c1)c1ccc(Br)cc1Br. The van der Waals surface area contributed by atoms with E-state index in [1.54, 1.807) is 12.1 Å². The second-order valence-electron chi connectivity index (χ2n) is 3.81. The van der Waals surface area contributed by atoms with Crippen molar-refractivity contribution in [1.82, 2.24) is 0 Å². The van der Waals surface area contributed by atoms with E-state index in [0.29, 0.717) is 8.95 Å². The monoisotopic (exact) mass is 425 g/mol. The Labute approximate surface area is 131 Å². The summed E-state index contributed by atoms with van der Waals surface area (Å²) < 4.78 is 53.4. The highest BCUT2D eigenvalue weighted by molar-refractivity contribution is 9.11. The van der Waals surface area contributed by atoms with Crippen LogP contribution in [0.2, 0.25) is 0 Å². The zero-order valence-electron chi connectivity index (χ0n) is 9.70. The molecule has 2 aromatic carbocycles. The van der Waals surface area contributed by atoms with Crippen molar-refractivity contribution in [3.63, 3.8) is 0 Å². The lowest BCUT2D eigenvalue weighted by Gasteiger charge is -2.10. The average molecular weight is 427 g/mol. The Balaban J connectivity index is 2.38. The van der Waals surface area contributed by atoms with E-state index in [1.165, 1.54) is 6.07 Å². The molecular weight excluding hydrogens is 420 g/mol. The van der Waals surface area contributed by atoms with Crippen LogP contribution >= 0.6 is 31.9 Å². The number of nitrogens with one attached hydrogen (secondary N) is 1. The molecule has 0 radical (unpaired) electrons. The highest BCUT2D eigenvalue weighted by Gasteiger charge is 2.18. The molecule has 0 aliphatic rings. The number of rotatable bonds is 3. The quantitative estimate of drug-likeness (QED) is 0.795. The molecule has 0 aliphatic heterocycles. The van der Waals surface area contributed by atoms with Crippen molar-refractivity contribution in [1.29, 1.82) is 0 Å². The van der Waals surface area contributed by atoms with Gasteiger partial charge in [-0.25, -0.2) is 17.2 Å². The van der Waals surface area contributed by atoms with Crippen LogP contribution in [0.3, 0.4) is 0 Å². The van der Waals surface area contributed by atoms with Crippen molar-refractivity contribution in [2.24, 2.45) is 0 Å². The molecule has 2 aromatic rings. The Morgan fingerprint density at radius 2 is 1.65 bits per heavy atom. The van der Waals surface area contributed by atoms with Crippen LogP contribution in [0.25, 0.3) is 0 Å². The first-order valence-electron chi connectivity index (χ1n) is 5.22. The molecule has 0 heterocycles. The van der Waals surface area contributed by atoms with Gasteiger partial charge in [-0.1, -0.05) is 15.9 Å². The van der Waals surface area contributed by atoms with Gasteiger partial charge in [0.2, 0.25) is 0 Å². The molecule has 8 heteroatoms. The Morgan fingerprint density at radius 1 is 0.950 bits per heavy atom. The van der Waals surface area contributed by atoms with E-state index in [2.05, 4.69) is 36.6 Å². The maximum atomic E-state index is 13.1. The molecule has 0 fully saturated rings. The Morgan fingerprint density at radius 3 is 2.25 bits per heavy atom. The summed E-state index contributed by atoms with van der Waals surface area (Å²) in [6, 6.07) is 7.28. The third-order valence-electron chi connectivity index (χ3n) is 2.36. The number of halogens is 4. The first-order valence-corrected chi connectivity index (χ1v) is 8.29. The van der Waals surface area contributed by atoms with Crippen LogP contribution in [0, 0.1) is 11.6 Å². The molecule has 0 saturated carbocycles. The Hall–Kier alpha value is -0.990. The van der Waals surface area contributed by atoms with Crippen LogP contribution in [0.5, 0.6) is 0 Å². The van der Waals surface area contributed by atoms with E-state index in [-0.39, 0.29) is 10.6 Å². The molecule has 0 amide bonds. The molecule has 0 aromatic heterocycles. The average Bonchev–Trinajstić information content (AvgIpc) is 2.33. The van der Waals surface area contributed by atoms with E-state index in [9.17, 15) is 17.2 Å². The molecule has 0 atom stereocenters. The van der Waals surface area contributed by atoms with Crippen LogP contribution in [-0.4, -0.2) is 8.42 Å². The Bertz CT molecular complexity index is 766. The van der Waals surface area contributed by atoms with Gasteiger partial charge >= 0.3 is 0 Å². The summed E-state index contributed by atoms with van der Waals surface area (Å²) in [5.74, 6) is -2.17. The number of hydrogen-bond acceptors (Lipinski definition) is 2.